The number of aromatic amines is 1. The molecule has 1 aliphatic rings. The molecule has 2 aromatic heterocycles. The molecule has 0 aliphatic carbocycles. The highest BCUT2D eigenvalue weighted by atomic mass is 32.2. The van der Waals surface area contributed by atoms with Crippen LogP contribution in [-0.4, -0.2) is 39.5 Å². The van der Waals surface area contributed by atoms with Gasteiger partial charge in [-0.15, -0.1) is 0 Å². The van der Waals surface area contributed by atoms with Gasteiger partial charge < -0.3 is 5.11 Å². The summed E-state index contributed by atoms with van der Waals surface area (Å²) in [7, 11) is -3.65. The number of fused-ring (bicyclic) bond motifs is 4. The lowest BCUT2D eigenvalue weighted by Crippen LogP contribution is -2.15. The van der Waals surface area contributed by atoms with Crippen LogP contribution in [0.4, 0.5) is 0 Å². The summed E-state index contributed by atoms with van der Waals surface area (Å²) in [5.74, 6) is -1.67. The Balaban J connectivity index is 1.93. The van der Waals surface area contributed by atoms with Gasteiger partial charge in [0, 0.05) is 16.5 Å². The van der Waals surface area contributed by atoms with Gasteiger partial charge in [0.1, 0.15) is 0 Å². The molecule has 0 fully saturated rings. The SMILES string of the molecule is O=C(O)c1nn(-c2cccc3[nH]ncc23)c2c1CS(=O)(=O)c1ccccc1-2. The predicted molar refractivity (Wildman–Crippen MR) is 96.5 cm³/mol. The second kappa shape index (κ2) is 5.27. The fraction of sp³-hybridized carbons (Fsp3) is 0.0556. The molecule has 5 rings (SSSR count). The first-order valence-corrected chi connectivity index (χ1v) is 9.72. The molecule has 0 atom stereocenters. The number of rotatable bonds is 2. The summed E-state index contributed by atoms with van der Waals surface area (Å²) < 4.78 is 26.9. The normalized spacial score (nSPS) is 14.7. The number of aromatic carboxylic acids is 1. The van der Waals surface area contributed by atoms with Crippen LogP contribution in [0, 0.1) is 0 Å². The predicted octanol–water partition coefficient (Wildman–Crippen LogP) is 2.40. The Bertz CT molecular complexity index is 1350. The van der Waals surface area contributed by atoms with Crippen molar-refractivity contribution in [1.29, 1.82) is 0 Å². The molecule has 4 aromatic rings. The summed E-state index contributed by atoms with van der Waals surface area (Å²) >= 11 is 0. The standard InChI is InChI=1S/C18H12N4O4S/c23-18(24)16-12-9-27(25,26)15-7-2-1-4-10(15)17(12)22(21-16)14-6-3-5-13-11(14)8-19-20-13/h1-8H,9H2,(H,19,20)(H,23,24). The van der Waals surface area contributed by atoms with E-state index in [-0.39, 0.29) is 16.2 Å². The lowest BCUT2D eigenvalue weighted by atomic mass is 10.1. The van der Waals surface area contributed by atoms with Gasteiger partial charge >= 0.3 is 5.97 Å². The van der Waals surface area contributed by atoms with Crippen LogP contribution in [0.2, 0.25) is 0 Å². The number of H-pyrrole nitrogens is 1. The lowest BCUT2D eigenvalue weighted by molar-refractivity contribution is 0.0689. The number of hydrogen-bond donors (Lipinski definition) is 2. The Morgan fingerprint density at radius 1 is 1.15 bits per heavy atom. The highest BCUT2D eigenvalue weighted by Crippen LogP contribution is 2.41. The van der Waals surface area contributed by atoms with Gasteiger partial charge in [-0.05, 0) is 18.2 Å². The first-order chi connectivity index (χ1) is 13.0. The fourth-order valence-corrected chi connectivity index (χ4v) is 5.14. The molecule has 2 N–H and O–H groups in total. The van der Waals surface area contributed by atoms with Gasteiger partial charge in [0.05, 0.1) is 33.7 Å². The molecule has 3 heterocycles. The summed E-state index contributed by atoms with van der Waals surface area (Å²) in [6, 6.07) is 12.0. The van der Waals surface area contributed by atoms with E-state index in [9.17, 15) is 18.3 Å². The Hall–Kier alpha value is -3.46. The van der Waals surface area contributed by atoms with Crippen LogP contribution < -0.4 is 0 Å². The zero-order valence-electron chi connectivity index (χ0n) is 13.7. The average molecular weight is 380 g/mol. The second-order valence-electron chi connectivity index (χ2n) is 6.26. The molecule has 27 heavy (non-hydrogen) atoms. The number of sulfone groups is 1. The van der Waals surface area contributed by atoms with Gasteiger partial charge in [-0.3, -0.25) is 5.10 Å². The Morgan fingerprint density at radius 3 is 2.78 bits per heavy atom. The van der Waals surface area contributed by atoms with Crippen molar-refractivity contribution in [2.45, 2.75) is 10.6 Å². The Morgan fingerprint density at radius 2 is 1.96 bits per heavy atom. The van der Waals surface area contributed by atoms with Crippen molar-refractivity contribution >= 4 is 26.7 Å². The molecule has 0 spiro atoms. The van der Waals surface area contributed by atoms with E-state index in [0.717, 1.165) is 10.9 Å². The molecule has 2 aromatic carbocycles. The van der Waals surface area contributed by atoms with E-state index in [1.807, 2.05) is 6.07 Å². The van der Waals surface area contributed by atoms with Gasteiger partial charge in [-0.2, -0.15) is 10.2 Å². The maximum absolute atomic E-state index is 12.7. The van der Waals surface area contributed by atoms with Crippen LogP contribution in [0.5, 0.6) is 0 Å². The van der Waals surface area contributed by atoms with E-state index in [2.05, 4.69) is 15.3 Å². The minimum absolute atomic E-state index is 0.176. The number of carboxylic acid groups (broad SMARTS) is 1. The Kier molecular flexibility index (Phi) is 3.08. The third-order valence-electron chi connectivity index (χ3n) is 4.69. The van der Waals surface area contributed by atoms with Crippen LogP contribution in [-0.2, 0) is 15.6 Å². The van der Waals surface area contributed by atoms with Crippen LogP contribution in [0.25, 0.3) is 27.8 Å². The number of nitrogens with zero attached hydrogens (tertiary/aromatic N) is 3. The largest absolute Gasteiger partial charge is 0.476 e. The van der Waals surface area contributed by atoms with Gasteiger partial charge in [0.15, 0.2) is 15.5 Å². The van der Waals surface area contributed by atoms with Gasteiger partial charge in [0.2, 0.25) is 0 Å². The fourth-order valence-electron chi connectivity index (χ4n) is 3.55. The molecule has 0 saturated heterocycles. The van der Waals surface area contributed by atoms with E-state index in [0.29, 0.717) is 16.9 Å². The van der Waals surface area contributed by atoms with Gasteiger partial charge in [-0.1, -0.05) is 24.3 Å². The second-order valence-corrected chi connectivity index (χ2v) is 8.21. The van der Waals surface area contributed by atoms with Crippen molar-refractivity contribution in [1.82, 2.24) is 20.0 Å². The third-order valence-corrected chi connectivity index (χ3v) is 6.38. The summed E-state index contributed by atoms with van der Waals surface area (Å²) in [6.07, 6.45) is 1.63. The molecule has 0 bridgehead atoms. The van der Waals surface area contributed by atoms with E-state index < -0.39 is 21.6 Å². The highest BCUT2D eigenvalue weighted by Gasteiger charge is 2.36. The van der Waals surface area contributed by atoms with E-state index in [1.54, 1.807) is 36.5 Å². The molecular formula is C18H12N4O4S. The molecule has 0 radical (unpaired) electrons. The van der Waals surface area contributed by atoms with Crippen molar-refractivity contribution in [3.8, 4) is 16.9 Å². The summed E-state index contributed by atoms with van der Waals surface area (Å²) in [4.78, 5) is 11.9. The number of aromatic nitrogens is 4. The molecule has 1 aliphatic heterocycles. The summed E-state index contributed by atoms with van der Waals surface area (Å²) in [6.45, 7) is 0. The van der Waals surface area contributed by atoms with Crippen LogP contribution in [0.15, 0.2) is 53.6 Å². The molecule has 0 unspecified atom stereocenters. The van der Waals surface area contributed by atoms with Crippen molar-refractivity contribution in [2.24, 2.45) is 0 Å². The zero-order chi connectivity index (χ0) is 18.8. The minimum Gasteiger partial charge on any atom is -0.476 e. The van der Waals surface area contributed by atoms with Crippen molar-refractivity contribution in [2.75, 3.05) is 0 Å². The van der Waals surface area contributed by atoms with Crippen LogP contribution >= 0.6 is 0 Å². The Labute approximate surface area is 153 Å². The summed E-state index contributed by atoms with van der Waals surface area (Å²) in [5, 5.41) is 21.5. The van der Waals surface area contributed by atoms with E-state index >= 15 is 0 Å². The average Bonchev–Trinajstić information content (AvgIpc) is 3.25. The van der Waals surface area contributed by atoms with Crippen molar-refractivity contribution in [3.05, 3.63) is 59.9 Å². The third kappa shape index (κ3) is 2.15. The topological polar surface area (TPSA) is 118 Å². The monoisotopic (exact) mass is 380 g/mol. The van der Waals surface area contributed by atoms with Crippen molar-refractivity contribution in [3.63, 3.8) is 0 Å². The molecule has 134 valence electrons. The minimum atomic E-state index is -3.65. The van der Waals surface area contributed by atoms with Gasteiger partial charge in [-0.25, -0.2) is 17.9 Å². The summed E-state index contributed by atoms with van der Waals surface area (Å²) in [5.41, 5.74) is 2.25. The highest BCUT2D eigenvalue weighted by molar-refractivity contribution is 7.90. The molecule has 9 heteroatoms. The van der Waals surface area contributed by atoms with Crippen LogP contribution in [0.3, 0.4) is 0 Å². The maximum atomic E-state index is 12.7. The van der Waals surface area contributed by atoms with Crippen molar-refractivity contribution < 1.29 is 18.3 Å². The molecular weight excluding hydrogens is 368 g/mol. The quantitative estimate of drug-likeness (QED) is 0.551. The van der Waals surface area contributed by atoms with Crippen LogP contribution in [0.1, 0.15) is 16.1 Å². The number of hydrogen-bond acceptors (Lipinski definition) is 5. The molecule has 0 saturated carbocycles. The first-order valence-electron chi connectivity index (χ1n) is 8.07. The number of carbonyl (C=O) groups is 1. The number of benzene rings is 2. The molecule has 0 amide bonds. The first kappa shape index (κ1) is 15.8. The number of carboxylic acids is 1. The van der Waals surface area contributed by atoms with E-state index in [4.69, 9.17) is 0 Å². The smallest absolute Gasteiger partial charge is 0.356 e. The number of nitrogens with one attached hydrogen (secondary N) is 1. The molecule has 8 nitrogen and oxygen atoms in total. The van der Waals surface area contributed by atoms with E-state index in [1.165, 1.54) is 10.7 Å². The maximum Gasteiger partial charge on any atom is 0.356 e. The lowest BCUT2D eigenvalue weighted by Gasteiger charge is -2.19. The zero-order valence-corrected chi connectivity index (χ0v) is 14.6. The van der Waals surface area contributed by atoms with Gasteiger partial charge in [0.25, 0.3) is 0 Å².